The summed E-state index contributed by atoms with van der Waals surface area (Å²) in [5.74, 6) is 0. The highest BCUT2D eigenvalue weighted by molar-refractivity contribution is 6.31. The molecule has 0 aromatic heterocycles. The lowest BCUT2D eigenvalue weighted by molar-refractivity contribution is 0.293. The van der Waals surface area contributed by atoms with Crippen molar-refractivity contribution in [2.24, 2.45) is 11.1 Å². The van der Waals surface area contributed by atoms with Crippen LogP contribution in [-0.2, 0) is 6.42 Å². The van der Waals surface area contributed by atoms with Gasteiger partial charge in [0.05, 0.1) is 0 Å². The van der Waals surface area contributed by atoms with Gasteiger partial charge in [0.25, 0.3) is 0 Å². The van der Waals surface area contributed by atoms with Crippen molar-refractivity contribution in [3.05, 3.63) is 28.8 Å². The molecule has 1 atom stereocenters. The smallest absolute Gasteiger partial charge is 0.0459 e. The van der Waals surface area contributed by atoms with Crippen LogP contribution in [0.25, 0.3) is 0 Å². The van der Waals surface area contributed by atoms with E-state index in [4.69, 9.17) is 17.3 Å². The molecule has 1 aromatic carbocycles. The third-order valence-electron chi connectivity index (χ3n) is 3.84. The van der Waals surface area contributed by atoms with E-state index >= 15 is 0 Å². The zero-order chi connectivity index (χ0) is 14.0. The zero-order valence-electron chi connectivity index (χ0n) is 12.2. The predicted octanol–water partition coefficient (Wildman–Crippen LogP) is 3.86. The van der Waals surface area contributed by atoms with Gasteiger partial charge in [0.15, 0.2) is 0 Å². The van der Waals surface area contributed by atoms with Crippen molar-refractivity contribution >= 4 is 17.3 Å². The second-order valence-electron chi connectivity index (χ2n) is 6.65. The molecular weight excluding hydrogens is 256 g/mol. The van der Waals surface area contributed by atoms with Gasteiger partial charge >= 0.3 is 0 Å². The minimum atomic E-state index is 0.150. The van der Waals surface area contributed by atoms with Crippen molar-refractivity contribution in [2.45, 2.75) is 46.1 Å². The number of piperidine rings is 1. The quantitative estimate of drug-likeness (QED) is 0.911. The maximum atomic E-state index is 6.38. The number of halogens is 1. The molecule has 0 bridgehead atoms. The van der Waals surface area contributed by atoms with Gasteiger partial charge in [0.2, 0.25) is 0 Å². The van der Waals surface area contributed by atoms with Crippen LogP contribution in [0.2, 0.25) is 5.02 Å². The van der Waals surface area contributed by atoms with E-state index < -0.39 is 0 Å². The van der Waals surface area contributed by atoms with E-state index in [9.17, 15) is 0 Å². The summed E-state index contributed by atoms with van der Waals surface area (Å²) in [7, 11) is 0. The molecule has 0 spiro atoms. The van der Waals surface area contributed by atoms with Gasteiger partial charge in [0.1, 0.15) is 0 Å². The van der Waals surface area contributed by atoms with Gasteiger partial charge in [-0.2, -0.15) is 0 Å². The standard InChI is InChI=1S/C16H25ClN2/c1-12(18)9-13-5-6-14(10-15(13)17)19-8-4-7-16(2,3)11-19/h5-6,10,12H,4,7-9,11,18H2,1-3H3. The highest BCUT2D eigenvalue weighted by Gasteiger charge is 2.26. The van der Waals surface area contributed by atoms with Crippen molar-refractivity contribution in [3.8, 4) is 0 Å². The van der Waals surface area contributed by atoms with E-state index in [1.165, 1.54) is 18.5 Å². The van der Waals surface area contributed by atoms with Crippen molar-refractivity contribution in [1.29, 1.82) is 0 Å². The number of nitrogens with two attached hydrogens (primary N) is 1. The molecule has 0 amide bonds. The first-order valence-electron chi connectivity index (χ1n) is 7.16. The first-order chi connectivity index (χ1) is 8.87. The predicted molar refractivity (Wildman–Crippen MR) is 84.0 cm³/mol. The summed E-state index contributed by atoms with van der Waals surface area (Å²) < 4.78 is 0. The molecule has 1 saturated heterocycles. The Kier molecular flexibility index (Phi) is 4.42. The van der Waals surface area contributed by atoms with Crippen LogP contribution in [-0.4, -0.2) is 19.1 Å². The van der Waals surface area contributed by atoms with Gasteiger partial charge in [-0.1, -0.05) is 31.5 Å². The Morgan fingerprint density at radius 1 is 1.42 bits per heavy atom. The molecule has 106 valence electrons. The Balaban J connectivity index is 2.15. The molecule has 0 saturated carbocycles. The third-order valence-corrected chi connectivity index (χ3v) is 4.20. The Bertz CT molecular complexity index is 440. The summed E-state index contributed by atoms with van der Waals surface area (Å²) in [5, 5.41) is 0.846. The summed E-state index contributed by atoms with van der Waals surface area (Å²) in [6.45, 7) is 8.93. The molecule has 2 rings (SSSR count). The maximum absolute atomic E-state index is 6.38. The average Bonchev–Trinajstić information content (AvgIpc) is 2.30. The van der Waals surface area contributed by atoms with Crippen LogP contribution in [0.5, 0.6) is 0 Å². The average molecular weight is 281 g/mol. The first kappa shape index (κ1) is 14.7. The monoisotopic (exact) mass is 280 g/mol. The van der Waals surface area contributed by atoms with Crippen molar-refractivity contribution in [3.63, 3.8) is 0 Å². The molecule has 1 unspecified atom stereocenters. The zero-order valence-corrected chi connectivity index (χ0v) is 13.0. The highest BCUT2D eigenvalue weighted by Crippen LogP contribution is 2.33. The minimum Gasteiger partial charge on any atom is -0.371 e. The molecule has 0 radical (unpaired) electrons. The molecule has 1 aliphatic heterocycles. The third kappa shape index (κ3) is 3.87. The molecule has 2 N–H and O–H groups in total. The fraction of sp³-hybridized carbons (Fsp3) is 0.625. The SMILES string of the molecule is CC(N)Cc1ccc(N2CCCC(C)(C)C2)cc1Cl. The molecule has 1 heterocycles. The highest BCUT2D eigenvalue weighted by atomic mass is 35.5. The van der Waals surface area contributed by atoms with E-state index in [1.54, 1.807) is 0 Å². The van der Waals surface area contributed by atoms with Crippen LogP contribution in [0.15, 0.2) is 18.2 Å². The number of hydrogen-bond acceptors (Lipinski definition) is 2. The lowest BCUT2D eigenvalue weighted by Gasteiger charge is -2.39. The number of benzene rings is 1. The fourth-order valence-corrected chi connectivity index (χ4v) is 3.14. The van der Waals surface area contributed by atoms with E-state index in [-0.39, 0.29) is 6.04 Å². The van der Waals surface area contributed by atoms with Crippen LogP contribution in [0.3, 0.4) is 0 Å². The summed E-state index contributed by atoms with van der Waals surface area (Å²) in [4.78, 5) is 2.45. The lowest BCUT2D eigenvalue weighted by Crippen LogP contribution is -2.40. The van der Waals surface area contributed by atoms with E-state index in [2.05, 4.69) is 36.9 Å². The Labute approximate surface area is 121 Å². The van der Waals surface area contributed by atoms with Crippen LogP contribution < -0.4 is 10.6 Å². The lowest BCUT2D eigenvalue weighted by atomic mass is 9.84. The summed E-state index contributed by atoms with van der Waals surface area (Å²) in [6, 6.07) is 6.56. The van der Waals surface area contributed by atoms with Crippen molar-refractivity contribution in [2.75, 3.05) is 18.0 Å². The van der Waals surface area contributed by atoms with Gasteiger partial charge in [-0.15, -0.1) is 0 Å². The summed E-state index contributed by atoms with van der Waals surface area (Å²) in [6.07, 6.45) is 3.40. The molecule has 1 aromatic rings. The topological polar surface area (TPSA) is 29.3 Å². The maximum Gasteiger partial charge on any atom is 0.0459 e. The second-order valence-corrected chi connectivity index (χ2v) is 7.05. The van der Waals surface area contributed by atoms with Crippen molar-refractivity contribution in [1.82, 2.24) is 0 Å². The van der Waals surface area contributed by atoms with Gasteiger partial charge in [0, 0.05) is 29.8 Å². The Hall–Kier alpha value is -0.730. The number of rotatable bonds is 3. The molecule has 1 aliphatic rings. The van der Waals surface area contributed by atoms with Gasteiger partial charge in [-0.3, -0.25) is 0 Å². The van der Waals surface area contributed by atoms with Crippen molar-refractivity contribution < 1.29 is 0 Å². The Morgan fingerprint density at radius 3 is 2.74 bits per heavy atom. The summed E-state index contributed by atoms with van der Waals surface area (Å²) >= 11 is 6.38. The van der Waals surface area contributed by atoms with Gasteiger partial charge < -0.3 is 10.6 Å². The minimum absolute atomic E-state index is 0.150. The number of hydrogen-bond donors (Lipinski definition) is 1. The molecule has 2 nitrogen and oxygen atoms in total. The van der Waals surface area contributed by atoms with Crippen LogP contribution in [0.4, 0.5) is 5.69 Å². The second kappa shape index (κ2) is 5.72. The number of anilines is 1. The number of nitrogens with zero attached hydrogens (tertiary/aromatic N) is 1. The molecular formula is C16H25ClN2. The van der Waals surface area contributed by atoms with E-state index in [0.29, 0.717) is 5.41 Å². The van der Waals surface area contributed by atoms with Crippen LogP contribution >= 0.6 is 11.6 Å². The molecule has 19 heavy (non-hydrogen) atoms. The van der Waals surface area contributed by atoms with Gasteiger partial charge in [-0.05, 0) is 49.3 Å². The molecule has 3 heteroatoms. The first-order valence-corrected chi connectivity index (χ1v) is 7.54. The van der Waals surface area contributed by atoms with Gasteiger partial charge in [-0.25, -0.2) is 0 Å². The van der Waals surface area contributed by atoms with Crippen LogP contribution in [0, 0.1) is 5.41 Å². The van der Waals surface area contributed by atoms with E-state index in [1.807, 2.05) is 6.92 Å². The molecule has 1 fully saturated rings. The normalized spacial score (nSPS) is 20.4. The largest absolute Gasteiger partial charge is 0.371 e. The fourth-order valence-electron chi connectivity index (χ4n) is 2.89. The summed E-state index contributed by atoms with van der Waals surface area (Å²) in [5.41, 5.74) is 8.63. The molecule has 0 aliphatic carbocycles. The van der Waals surface area contributed by atoms with Crippen LogP contribution in [0.1, 0.15) is 39.2 Å². The Morgan fingerprint density at radius 2 is 2.16 bits per heavy atom. The van der Waals surface area contributed by atoms with E-state index in [0.717, 1.165) is 30.1 Å².